The van der Waals surface area contributed by atoms with Crippen molar-refractivity contribution in [2.75, 3.05) is 26.3 Å². The molecule has 2 rings (SSSR count). The van der Waals surface area contributed by atoms with Gasteiger partial charge >= 0.3 is 0 Å². The number of ether oxygens (including phenoxy) is 1. The molecule has 0 bridgehead atoms. The number of carbonyl (C=O) groups is 1. The first-order valence-corrected chi connectivity index (χ1v) is 5.52. The van der Waals surface area contributed by atoms with Crippen LogP contribution in [0.25, 0.3) is 0 Å². The summed E-state index contributed by atoms with van der Waals surface area (Å²) in [4.78, 5) is 12.9. The number of nitrogens with zero attached hydrogens (tertiary/aromatic N) is 1. The van der Waals surface area contributed by atoms with Gasteiger partial charge in [0.15, 0.2) is 0 Å². The first-order valence-electron chi connectivity index (χ1n) is 5.52. The van der Waals surface area contributed by atoms with Gasteiger partial charge in [-0.1, -0.05) is 6.92 Å². The van der Waals surface area contributed by atoms with Gasteiger partial charge in [0.2, 0.25) is 0 Å². The van der Waals surface area contributed by atoms with E-state index >= 15 is 0 Å². The zero-order valence-electron chi connectivity index (χ0n) is 8.87. The molecule has 0 aromatic rings. The lowest BCUT2D eigenvalue weighted by atomic mass is 9.76. The minimum Gasteiger partial charge on any atom is -0.380 e. The van der Waals surface area contributed by atoms with Gasteiger partial charge in [-0.05, 0) is 25.9 Å². The zero-order chi connectivity index (χ0) is 10.0. The molecule has 3 heteroatoms. The lowest BCUT2D eigenvalue weighted by molar-refractivity contribution is -0.154. The van der Waals surface area contributed by atoms with Crippen LogP contribution in [0.3, 0.4) is 0 Å². The highest BCUT2D eigenvalue weighted by atomic mass is 16.5. The van der Waals surface area contributed by atoms with Crippen molar-refractivity contribution in [2.45, 2.75) is 32.2 Å². The predicted molar refractivity (Wildman–Crippen MR) is 54.2 cm³/mol. The molecule has 0 radical (unpaired) electrons. The summed E-state index contributed by atoms with van der Waals surface area (Å²) in [5.41, 5.74) is 0.309. The predicted octanol–water partition coefficient (Wildman–Crippen LogP) is 1.08. The molecule has 0 aromatic carbocycles. The van der Waals surface area contributed by atoms with Gasteiger partial charge < -0.3 is 9.53 Å². The van der Waals surface area contributed by atoms with Crippen LogP contribution in [0.15, 0.2) is 0 Å². The van der Waals surface area contributed by atoms with Crippen LogP contribution in [0.2, 0.25) is 0 Å². The summed E-state index contributed by atoms with van der Waals surface area (Å²) in [5.74, 6) is 0. The Morgan fingerprint density at radius 2 is 2.21 bits per heavy atom. The van der Waals surface area contributed by atoms with Gasteiger partial charge in [-0.15, -0.1) is 0 Å². The third-order valence-corrected chi connectivity index (χ3v) is 3.56. The van der Waals surface area contributed by atoms with Gasteiger partial charge in [0.25, 0.3) is 0 Å². The van der Waals surface area contributed by atoms with E-state index in [4.69, 9.17) is 4.74 Å². The maximum absolute atomic E-state index is 10.4. The number of likely N-dealkylation sites (tertiary alicyclic amines) is 1. The third-order valence-electron chi connectivity index (χ3n) is 3.56. The van der Waals surface area contributed by atoms with Crippen LogP contribution in [0.1, 0.15) is 26.2 Å². The standard InChI is InChI=1S/C11H19NO2/c1-11(8-14-9-11)10(4-2-7-13)12-5-3-6-12/h7,10H,2-6,8-9H2,1H3. The van der Waals surface area contributed by atoms with Gasteiger partial charge in [0.1, 0.15) is 6.29 Å². The maximum Gasteiger partial charge on any atom is 0.120 e. The van der Waals surface area contributed by atoms with Crippen LogP contribution >= 0.6 is 0 Å². The second kappa shape index (κ2) is 3.99. The minimum atomic E-state index is 0.309. The fourth-order valence-corrected chi connectivity index (χ4v) is 2.47. The summed E-state index contributed by atoms with van der Waals surface area (Å²) >= 11 is 0. The monoisotopic (exact) mass is 197 g/mol. The highest BCUT2D eigenvalue weighted by molar-refractivity contribution is 5.49. The first kappa shape index (κ1) is 10.1. The molecule has 80 valence electrons. The highest BCUT2D eigenvalue weighted by Crippen LogP contribution is 2.37. The number of hydrogen-bond acceptors (Lipinski definition) is 3. The molecule has 2 aliphatic heterocycles. The van der Waals surface area contributed by atoms with Crippen molar-refractivity contribution >= 4 is 6.29 Å². The number of aldehydes is 1. The van der Waals surface area contributed by atoms with E-state index in [-0.39, 0.29) is 0 Å². The molecule has 14 heavy (non-hydrogen) atoms. The van der Waals surface area contributed by atoms with Gasteiger partial charge in [-0.2, -0.15) is 0 Å². The minimum absolute atomic E-state index is 0.309. The fraction of sp³-hybridized carbons (Fsp3) is 0.909. The molecule has 0 aliphatic carbocycles. The molecule has 0 amide bonds. The van der Waals surface area contributed by atoms with E-state index in [0.29, 0.717) is 17.9 Å². The van der Waals surface area contributed by atoms with Crippen LogP contribution in [0.5, 0.6) is 0 Å². The summed E-state index contributed by atoms with van der Waals surface area (Å²) in [6.07, 6.45) is 4.05. The van der Waals surface area contributed by atoms with Gasteiger partial charge in [0, 0.05) is 17.9 Å². The quantitative estimate of drug-likeness (QED) is 0.618. The number of carbonyl (C=O) groups excluding carboxylic acids is 1. The molecule has 2 saturated heterocycles. The second-order valence-electron chi connectivity index (χ2n) is 4.80. The summed E-state index contributed by atoms with van der Waals surface area (Å²) in [5, 5.41) is 0. The van der Waals surface area contributed by atoms with Crippen LogP contribution in [-0.4, -0.2) is 43.5 Å². The van der Waals surface area contributed by atoms with Crippen LogP contribution in [0, 0.1) is 5.41 Å². The molecule has 3 nitrogen and oxygen atoms in total. The molecule has 2 heterocycles. The highest BCUT2D eigenvalue weighted by Gasteiger charge is 2.44. The van der Waals surface area contributed by atoms with E-state index < -0.39 is 0 Å². The van der Waals surface area contributed by atoms with Crippen molar-refractivity contribution in [3.63, 3.8) is 0 Å². The second-order valence-corrected chi connectivity index (χ2v) is 4.80. The Balaban J connectivity index is 1.93. The molecular formula is C11H19NO2. The first-order chi connectivity index (χ1) is 6.76. The molecule has 0 aromatic heterocycles. The van der Waals surface area contributed by atoms with Crippen molar-refractivity contribution in [3.05, 3.63) is 0 Å². The summed E-state index contributed by atoms with van der Waals surface area (Å²) < 4.78 is 5.30. The van der Waals surface area contributed by atoms with Gasteiger partial charge in [0.05, 0.1) is 13.2 Å². The molecule has 0 saturated carbocycles. The van der Waals surface area contributed by atoms with E-state index in [0.717, 1.165) is 25.9 Å². The molecule has 0 N–H and O–H groups in total. The SMILES string of the molecule is CC1(C(CCC=O)N2CCC2)COC1. The average Bonchev–Trinajstić information content (AvgIpc) is 2.05. The summed E-state index contributed by atoms with van der Waals surface area (Å²) in [6, 6.07) is 0.565. The lowest BCUT2D eigenvalue weighted by Crippen LogP contribution is -2.59. The number of rotatable bonds is 5. The van der Waals surface area contributed by atoms with Crippen LogP contribution < -0.4 is 0 Å². The Hall–Kier alpha value is -0.410. The maximum atomic E-state index is 10.4. The molecule has 1 atom stereocenters. The van der Waals surface area contributed by atoms with Crippen LogP contribution in [0.4, 0.5) is 0 Å². The van der Waals surface area contributed by atoms with Crippen molar-refractivity contribution in [1.82, 2.24) is 4.90 Å². The van der Waals surface area contributed by atoms with Crippen molar-refractivity contribution in [3.8, 4) is 0 Å². The van der Waals surface area contributed by atoms with Crippen molar-refractivity contribution in [2.24, 2.45) is 5.41 Å². The topological polar surface area (TPSA) is 29.5 Å². The smallest absolute Gasteiger partial charge is 0.120 e. The molecule has 2 aliphatic rings. The Kier molecular flexibility index (Phi) is 2.88. The van der Waals surface area contributed by atoms with Gasteiger partial charge in [-0.25, -0.2) is 0 Å². The normalized spacial score (nSPS) is 27.5. The van der Waals surface area contributed by atoms with Crippen molar-refractivity contribution in [1.29, 1.82) is 0 Å². The summed E-state index contributed by atoms with van der Waals surface area (Å²) in [6.45, 7) is 6.43. The van der Waals surface area contributed by atoms with E-state index in [1.807, 2.05) is 0 Å². The average molecular weight is 197 g/mol. The van der Waals surface area contributed by atoms with Crippen molar-refractivity contribution < 1.29 is 9.53 Å². The van der Waals surface area contributed by atoms with E-state index in [1.165, 1.54) is 19.5 Å². The van der Waals surface area contributed by atoms with E-state index in [1.54, 1.807) is 0 Å². The molecule has 1 unspecified atom stereocenters. The molecule has 0 spiro atoms. The Labute approximate surface area is 85.4 Å². The molecule has 2 fully saturated rings. The van der Waals surface area contributed by atoms with Gasteiger partial charge in [-0.3, -0.25) is 4.90 Å². The largest absolute Gasteiger partial charge is 0.380 e. The zero-order valence-corrected chi connectivity index (χ0v) is 8.87. The number of hydrogen-bond donors (Lipinski definition) is 0. The lowest BCUT2D eigenvalue weighted by Gasteiger charge is -2.52. The Morgan fingerprint density at radius 3 is 2.57 bits per heavy atom. The Bertz CT molecular complexity index is 209. The van der Waals surface area contributed by atoms with E-state index in [9.17, 15) is 4.79 Å². The molecular weight excluding hydrogens is 178 g/mol. The Morgan fingerprint density at radius 1 is 1.50 bits per heavy atom. The fourth-order valence-electron chi connectivity index (χ4n) is 2.47. The van der Waals surface area contributed by atoms with E-state index in [2.05, 4.69) is 11.8 Å². The third kappa shape index (κ3) is 1.71. The van der Waals surface area contributed by atoms with Crippen LogP contribution in [-0.2, 0) is 9.53 Å². The summed E-state index contributed by atoms with van der Waals surface area (Å²) in [7, 11) is 0.